The summed E-state index contributed by atoms with van der Waals surface area (Å²) in [4.78, 5) is 11.4. The van der Waals surface area contributed by atoms with Gasteiger partial charge in [0.05, 0.1) is 10.6 Å². The second-order valence-corrected chi connectivity index (χ2v) is 6.81. The fraction of sp³-hybridized carbons (Fsp3) is 0.133. The highest BCUT2D eigenvalue weighted by atomic mass is 32.2. The van der Waals surface area contributed by atoms with Crippen LogP contribution in [0, 0.1) is 6.92 Å². The van der Waals surface area contributed by atoms with Gasteiger partial charge in [-0.15, -0.1) is 0 Å². The number of primary amides is 1. The lowest BCUT2D eigenvalue weighted by molar-refractivity contribution is 0.1000. The molecule has 6 heteroatoms. The molecule has 0 unspecified atom stereocenters. The van der Waals surface area contributed by atoms with E-state index in [0.717, 1.165) is 0 Å². The molecule has 0 heterocycles. The van der Waals surface area contributed by atoms with Crippen molar-refractivity contribution in [3.63, 3.8) is 0 Å². The summed E-state index contributed by atoms with van der Waals surface area (Å²) in [5.74, 6) is -0.781. The highest BCUT2D eigenvalue weighted by Crippen LogP contribution is 2.22. The molecule has 0 saturated heterocycles. The third-order valence-corrected chi connectivity index (χ3v) is 4.94. The predicted molar refractivity (Wildman–Crippen MR) is 81.4 cm³/mol. The Morgan fingerprint density at radius 1 is 1.14 bits per heavy atom. The second-order valence-electron chi connectivity index (χ2n) is 4.85. The minimum Gasteiger partial charge on any atom is -0.399 e. The molecule has 0 bridgehead atoms. The molecule has 110 valence electrons. The average Bonchev–Trinajstić information content (AvgIpc) is 2.37. The van der Waals surface area contributed by atoms with Crippen molar-refractivity contribution in [1.29, 1.82) is 0 Å². The maximum absolute atomic E-state index is 12.5. The zero-order chi connectivity index (χ0) is 15.6. The SMILES string of the molecule is Cc1cc(N)ccc1S(=O)(=O)Cc1cccc(C(N)=O)c1. The van der Waals surface area contributed by atoms with E-state index in [1.807, 2.05) is 0 Å². The number of rotatable bonds is 4. The van der Waals surface area contributed by atoms with Crippen molar-refractivity contribution in [2.45, 2.75) is 17.6 Å². The van der Waals surface area contributed by atoms with E-state index in [-0.39, 0.29) is 16.2 Å². The van der Waals surface area contributed by atoms with Crippen molar-refractivity contribution in [2.75, 3.05) is 5.73 Å². The van der Waals surface area contributed by atoms with E-state index in [9.17, 15) is 13.2 Å². The van der Waals surface area contributed by atoms with Gasteiger partial charge in [0.2, 0.25) is 5.91 Å². The van der Waals surface area contributed by atoms with Crippen molar-refractivity contribution in [2.24, 2.45) is 5.73 Å². The van der Waals surface area contributed by atoms with Crippen LogP contribution in [0.4, 0.5) is 5.69 Å². The van der Waals surface area contributed by atoms with Gasteiger partial charge < -0.3 is 11.5 Å². The van der Waals surface area contributed by atoms with E-state index >= 15 is 0 Å². The van der Waals surface area contributed by atoms with E-state index in [4.69, 9.17) is 11.5 Å². The molecule has 2 aromatic carbocycles. The first kappa shape index (κ1) is 15.1. The second kappa shape index (κ2) is 5.57. The van der Waals surface area contributed by atoms with Gasteiger partial charge in [0.25, 0.3) is 0 Å². The molecule has 0 aliphatic carbocycles. The third kappa shape index (κ3) is 3.41. The van der Waals surface area contributed by atoms with E-state index in [1.165, 1.54) is 12.1 Å². The molecule has 2 rings (SSSR count). The lowest BCUT2D eigenvalue weighted by atomic mass is 10.1. The summed E-state index contributed by atoms with van der Waals surface area (Å²) in [7, 11) is -3.51. The molecule has 0 spiro atoms. The Bertz CT molecular complexity index is 798. The Hall–Kier alpha value is -2.34. The van der Waals surface area contributed by atoms with E-state index in [2.05, 4.69) is 0 Å². The summed E-state index contributed by atoms with van der Waals surface area (Å²) >= 11 is 0. The van der Waals surface area contributed by atoms with Crippen molar-refractivity contribution in [3.05, 3.63) is 59.2 Å². The Labute approximate surface area is 123 Å². The van der Waals surface area contributed by atoms with E-state index in [1.54, 1.807) is 37.3 Å². The summed E-state index contributed by atoms with van der Waals surface area (Å²) in [6, 6.07) is 11.0. The monoisotopic (exact) mass is 304 g/mol. The van der Waals surface area contributed by atoms with Gasteiger partial charge in [-0.1, -0.05) is 12.1 Å². The van der Waals surface area contributed by atoms with Gasteiger partial charge in [-0.25, -0.2) is 8.42 Å². The molecule has 0 radical (unpaired) electrons. The molecule has 1 amide bonds. The summed E-state index contributed by atoms with van der Waals surface area (Å²) in [6.07, 6.45) is 0. The van der Waals surface area contributed by atoms with Crippen molar-refractivity contribution < 1.29 is 13.2 Å². The molecule has 0 fully saturated rings. The first-order chi connectivity index (χ1) is 9.79. The fourth-order valence-corrected chi connectivity index (χ4v) is 3.73. The molecular weight excluding hydrogens is 288 g/mol. The minimum atomic E-state index is -3.51. The summed E-state index contributed by atoms with van der Waals surface area (Å²) < 4.78 is 24.9. The molecule has 0 atom stereocenters. The number of hydrogen-bond acceptors (Lipinski definition) is 4. The minimum absolute atomic E-state index is 0.196. The third-order valence-electron chi connectivity index (χ3n) is 3.10. The van der Waals surface area contributed by atoms with Crippen molar-refractivity contribution in [3.8, 4) is 0 Å². The van der Waals surface area contributed by atoms with Crippen LogP contribution in [0.2, 0.25) is 0 Å². The van der Waals surface area contributed by atoms with Crippen LogP contribution in [-0.2, 0) is 15.6 Å². The van der Waals surface area contributed by atoms with Gasteiger partial charge >= 0.3 is 0 Å². The molecule has 4 N–H and O–H groups in total. The summed E-state index contributed by atoms with van der Waals surface area (Å²) in [5, 5.41) is 0. The quantitative estimate of drug-likeness (QED) is 0.838. The topological polar surface area (TPSA) is 103 Å². The summed E-state index contributed by atoms with van der Waals surface area (Å²) in [6.45, 7) is 1.70. The van der Waals surface area contributed by atoms with Crippen molar-refractivity contribution >= 4 is 21.4 Å². The average molecular weight is 304 g/mol. The van der Waals surface area contributed by atoms with Gasteiger partial charge in [0.15, 0.2) is 9.84 Å². The van der Waals surface area contributed by atoms with Gasteiger partial charge in [-0.05, 0) is 48.4 Å². The standard InChI is InChI=1S/C15H16N2O3S/c1-10-7-13(16)5-6-14(10)21(19,20)9-11-3-2-4-12(8-11)15(17)18/h2-8H,9,16H2,1H3,(H2,17,18). The zero-order valence-electron chi connectivity index (χ0n) is 11.5. The molecule has 0 aromatic heterocycles. The number of carbonyl (C=O) groups excluding carboxylic acids is 1. The lowest BCUT2D eigenvalue weighted by Crippen LogP contribution is -2.12. The molecule has 2 aromatic rings. The number of anilines is 1. The lowest BCUT2D eigenvalue weighted by Gasteiger charge is -2.09. The zero-order valence-corrected chi connectivity index (χ0v) is 12.4. The van der Waals surface area contributed by atoms with Gasteiger partial charge in [-0.3, -0.25) is 4.79 Å². The molecule has 21 heavy (non-hydrogen) atoms. The fourth-order valence-electron chi connectivity index (χ4n) is 2.13. The van der Waals surface area contributed by atoms with Crippen molar-refractivity contribution in [1.82, 2.24) is 0 Å². The Morgan fingerprint density at radius 3 is 2.48 bits per heavy atom. The maximum Gasteiger partial charge on any atom is 0.248 e. The summed E-state index contributed by atoms with van der Waals surface area (Å²) in [5.41, 5.74) is 12.7. The molecule has 0 saturated carbocycles. The maximum atomic E-state index is 12.5. The molecule has 0 aliphatic heterocycles. The first-order valence-electron chi connectivity index (χ1n) is 6.27. The van der Waals surface area contributed by atoms with Crippen LogP contribution in [0.3, 0.4) is 0 Å². The number of amides is 1. The van der Waals surface area contributed by atoms with Crippen LogP contribution >= 0.6 is 0 Å². The smallest absolute Gasteiger partial charge is 0.248 e. The molecule has 0 aliphatic rings. The van der Waals surface area contributed by atoms with Crippen LogP contribution in [0.15, 0.2) is 47.4 Å². The Kier molecular flexibility index (Phi) is 3.99. The van der Waals surface area contributed by atoms with Crippen LogP contribution in [0.25, 0.3) is 0 Å². The number of hydrogen-bond donors (Lipinski definition) is 2. The van der Waals surface area contributed by atoms with Crippen LogP contribution in [0.5, 0.6) is 0 Å². The molecule has 5 nitrogen and oxygen atoms in total. The van der Waals surface area contributed by atoms with Gasteiger partial charge in [-0.2, -0.15) is 0 Å². The normalized spacial score (nSPS) is 11.3. The van der Waals surface area contributed by atoms with Gasteiger partial charge in [0, 0.05) is 11.3 Å². The van der Waals surface area contributed by atoms with Crippen LogP contribution < -0.4 is 11.5 Å². The largest absolute Gasteiger partial charge is 0.399 e. The number of aryl methyl sites for hydroxylation is 1. The van der Waals surface area contributed by atoms with Crippen LogP contribution in [-0.4, -0.2) is 14.3 Å². The first-order valence-corrected chi connectivity index (χ1v) is 7.92. The highest BCUT2D eigenvalue weighted by Gasteiger charge is 2.18. The number of benzene rings is 2. The number of carbonyl (C=O) groups is 1. The number of nitrogen functional groups attached to an aromatic ring is 1. The van der Waals surface area contributed by atoms with Crippen LogP contribution in [0.1, 0.15) is 21.5 Å². The van der Waals surface area contributed by atoms with E-state index in [0.29, 0.717) is 16.8 Å². The Morgan fingerprint density at radius 2 is 1.86 bits per heavy atom. The number of sulfone groups is 1. The van der Waals surface area contributed by atoms with Gasteiger partial charge in [0.1, 0.15) is 0 Å². The highest BCUT2D eigenvalue weighted by molar-refractivity contribution is 7.90. The Balaban J connectivity index is 2.37. The van der Waals surface area contributed by atoms with E-state index < -0.39 is 15.7 Å². The predicted octanol–water partition coefficient (Wildman–Crippen LogP) is 1.65. The number of nitrogens with two attached hydrogens (primary N) is 2. The molecular formula is C15H16N2O3S.